The van der Waals surface area contributed by atoms with E-state index >= 15 is 0 Å². The summed E-state index contributed by atoms with van der Waals surface area (Å²) in [6, 6.07) is 12.5. The number of aryl methyl sites for hydroxylation is 1. The van der Waals surface area contributed by atoms with Crippen molar-refractivity contribution >= 4 is 34.1 Å². The summed E-state index contributed by atoms with van der Waals surface area (Å²) in [5, 5.41) is 4.13. The van der Waals surface area contributed by atoms with Gasteiger partial charge in [0.15, 0.2) is 0 Å². The number of carbonyl (C=O) groups excluding carboxylic acids is 1. The molecule has 6 heteroatoms. The van der Waals surface area contributed by atoms with E-state index in [2.05, 4.69) is 10.3 Å². The number of carbonyl (C=O) groups is 1. The van der Waals surface area contributed by atoms with E-state index in [4.69, 9.17) is 21.1 Å². The van der Waals surface area contributed by atoms with Gasteiger partial charge in [0, 0.05) is 17.1 Å². The molecule has 3 rings (SSSR count). The van der Waals surface area contributed by atoms with E-state index in [1.54, 1.807) is 39.3 Å². The zero-order chi connectivity index (χ0) is 18.0. The Morgan fingerprint density at radius 1 is 1.08 bits per heavy atom. The van der Waals surface area contributed by atoms with Crippen LogP contribution in [0.4, 0.5) is 5.69 Å². The van der Waals surface area contributed by atoms with Crippen LogP contribution in [-0.2, 0) is 0 Å². The second kappa shape index (κ2) is 6.99. The lowest BCUT2D eigenvalue weighted by Gasteiger charge is -2.11. The average molecular weight is 357 g/mol. The van der Waals surface area contributed by atoms with Gasteiger partial charge in [0.25, 0.3) is 5.91 Å². The maximum Gasteiger partial charge on any atom is 0.257 e. The molecule has 0 spiro atoms. The quantitative estimate of drug-likeness (QED) is 0.749. The highest BCUT2D eigenvalue weighted by Gasteiger charge is 2.13. The Bertz CT molecular complexity index is 957. The summed E-state index contributed by atoms with van der Waals surface area (Å²) in [6.45, 7) is 1.80. The molecule has 2 aromatic carbocycles. The molecule has 1 N–H and O–H groups in total. The summed E-state index contributed by atoms with van der Waals surface area (Å²) in [4.78, 5) is 17.1. The fraction of sp³-hybridized carbons (Fsp3) is 0.158. The number of ether oxygens (including phenoxy) is 2. The Morgan fingerprint density at radius 3 is 2.56 bits per heavy atom. The van der Waals surface area contributed by atoms with E-state index in [1.165, 1.54) is 0 Å². The van der Waals surface area contributed by atoms with Gasteiger partial charge in [-0.15, -0.1) is 0 Å². The number of anilines is 1. The molecule has 0 saturated heterocycles. The summed E-state index contributed by atoms with van der Waals surface area (Å²) >= 11 is 6.10. The zero-order valence-corrected chi connectivity index (χ0v) is 14.8. The number of rotatable bonds is 4. The highest BCUT2D eigenvalue weighted by molar-refractivity contribution is 6.32. The molecule has 0 aliphatic heterocycles. The molecule has 128 valence electrons. The molecular weight excluding hydrogens is 340 g/mol. The lowest BCUT2D eigenvalue weighted by Crippen LogP contribution is -2.14. The van der Waals surface area contributed by atoms with Crippen molar-refractivity contribution < 1.29 is 14.3 Å². The van der Waals surface area contributed by atoms with Crippen molar-refractivity contribution in [2.75, 3.05) is 19.5 Å². The van der Waals surface area contributed by atoms with Crippen molar-refractivity contribution in [2.24, 2.45) is 0 Å². The van der Waals surface area contributed by atoms with Crippen LogP contribution >= 0.6 is 11.6 Å². The predicted octanol–water partition coefficient (Wildman–Crippen LogP) is 4.47. The third kappa shape index (κ3) is 3.51. The zero-order valence-electron chi connectivity index (χ0n) is 14.1. The predicted molar refractivity (Wildman–Crippen MR) is 99.0 cm³/mol. The fourth-order valence-corrected chi connectivity index (χ4v) is 2.80. The Hall–Kier alpha value is -2.79. The van der Waals surface area contributed by atoms with Crippen molar-refractivity contribution in [3.63, 3.8) is 0 Å². The maximum atomic E-state index is 12.6. The minimum Gasteiger partial charge on any atom is -0.497 e. The molecule has 0 unspecified atom stereocenters. The number of methoxy groups -OCH3 is 2. The van der Waals surface area contributed by atoms with Gasteiger partial charge in [0.05, 0.1) is 36.0 Å². The minimum atomic E-state index is -0.246. The van der Waals surface area contributed by atoms with Crippen molar-refractivity contribution in [2.45, 2.75) is 6.92 Å². The first-order valence-corrected chi connectivity index (χ1v) is 8.00. The maximum absolute atomic E-state index is 12.6. The smallest absolute Gasteiger partial charge is 0.257 e. The molecule has 0 saturated carbocycles. The van der Waals surface area contributed by atoms with E-state index in [1.807, 2.05) is 24.3 Å². The molecule has 0 aliphatic rings. The number of amides is 1. The first kappa shape index (κ1) is 17.0. The van der Waals surface area contributed by atoms with Crippen molar-refractivity contribution in [1.82, 2.24) is 4.98 Å². The second-order valence-corrected chi connectivity index (χ2v) is 5.89. The molecule has 0 bridgehead atoms. The SMILES string of the molecule is COc1ccc2cc(C(=O)Nc3ccc(OC)c(Cl)c3)c(C)nc2c1. The minimum absolute atomic E-state index is 0.246. The van der Waals surface area contributed by atoms with Gasteiger partial charge < -0.3 is 14.8 Å². The number of hydrogen-bond acceptors (Lipinski definition) is 4. The number of halogens is 1. The Morgan fingerprint density at radius 2 is 1.88 bits per heavy atom. The second-order valence-electron chi connectivity index (χ2n) is 5.48. The van der Waals surface area contributed by atoms with Crippen LogP contribution in [0.5, 0.6) is 11.5 Å². The number of nitrogens with one attached hydrogen (secondary N) is 1. The number of benzene rings is 2. The van der Waals surface area contributed by atoms with E-state index in [-0.39, 0.29) is 5.91 Å². The van der Waals surface area contributed by atoms with Crippen LogP contribution in [-0.4, -0.2) is 25.1 Å². The van der Waals surface area contributed by atoms with Crippen LogP contribution in [0.15, 0.2) is 42.5 Å². The molecule has 25 heavy (non-hydrogen) atoms. The first-order valence-electron chi connectivity index (χ1n) is 7.62. The molecule has 0 radical (unpaired) electrons. The summed E-state index contributed by atoms with van der Waals surface area (Å²) in [5.74, 6) is 1.03. The average Bonchev–Trinajstić information content (AvgIpc) is 2.60. The van der Waals surface area contributed by atoms with Crippen molar-refractivity contribution in [3.8, 4) is 11.5 Å². The molecule has 1 heterocycles. The van der Waals surface area contributed by atoms with Crippen molar-refractivity contribution in [3.05, 3.63) is 58.7 Å². The van der Waals surface area contributed by atoms with E-state index in [9.17, 15) is 4.79 Å². The van der Waals surface area contributed by atoms with Crippen LogP contribution in [0.1, 0.15) is 16.1 Å². The van der Waals surface area contributed by atoms with Crippen LogP contribution in [0.3, 0.4) is 0 Å². The van der Waals surface area contributed by atoms with Gasteiger partial charge >= 0.3 is 0 Å². The number of nitrogens with zero attached hydrogens (tertiary/aromatic N) is 1. The largest absolute Gasteiger partial charge is 0.497 e. The third-order valence-corrected chi connectivity index (χ3v) is 4.17. The van der Waals surface area contributed by atoms with Crippen LogP contribution in [0.2, 0.25) is 5.02 Å². The number of aromatic nitrogens is 1. The molecule has 0 aliphatic carbocycles. The number of fused-ring (bicyclic) bond motifs is 1. The number of hydrogen-bond donors (Lipinski definition) is 1. The Balaban J connectivity index is 1.91. The molecular formula is C19H17ClN2O3. The summed E-state index contributed by atoms with van der Waals surface area (Å²) in [5.41, 5.74) is 2.51. The van der Waals surface area contributed by atoms with Gasteiger partial charge in [-0.05, 0) is 43.3 Å². The van der Waals surface area contributed by atoms with Crippen LogP contribution in [0, 0.1) is 6.92 Å². The Kier molecular flexibility index (Phi) is 4.76. The summed E-state index contributed by atoms with van der Waals surface area (Å²) < 4.78 is 10.3. The van der Waals surface area contributed by atoms with E-state index < -0.39 is 0 Å². The highest BCUT2D eigenvalue weighted by atomic mass is 35.5. The molecule has 1 amide bonds. The molecule has 1 aromatic heterocycles. The Labute approximate surface area is 150 Å². The van der Waals surface area contributed by atoms with Crippen molar-refractivity contribution in [1.29, 1.82) is 0 Å². The van der Waals surface area contributed by atoms with Gasteiger partial charge in [0.1, 0.15) is 11.5 Å². The van der Waals surface area contributed by atoms with Gasteiger partial charge in [-0.3, -0.25) is 9.78 Å². The molecule has 5 nitrogen and oxygen atoms in total. The molecule has 0 atom stereocenters. The lowest BCUT2D eigenvalue weighted by molar-refractivity contribution is 0.102. The van der Waals surface area contributed by atoms with Gasteiger partial charge in [-0.2, -0.15) is 0 Å². The highest BCUT2D eigenvalue weighted by Crippen LogP contribution is 2.28. The summed E-state index contributed by atoms with van der Waals surface area (Å²) in [7, 11) is 3.15. The lowest BCUT2D eigenvalue weighted by atomic mass is 10.1. The topological polar surface area (TPSA) is 60.5 Å². The third-order valence-electron chi connectivity index (χ3n) is 3.87. The standard InChI is InChI=1S/C19H17ClN2O3/c1-11-15(8-12-4-6-14(24-2)10-17(12)21-11)19(23)22-13-5-7-18(25-3)16(20)9-13/h4-10H,1-3H3,(H,22,23). The molecule has 3 aromatic rings. The van der Waals surface area contributed by atoms with Gasteiger partial charge in [0.2, 0.25) is 0 Å². The fourth-order valence-electron chi connectivity index (χ4n) is 2.54. The molecule has 0 fully saturated rings. The van der Waals surface area contributed by atoms with Crippen LogP contribution in [0.25, 0.3) is 10.9 Å². The normalized spacial score (nSPS) is 10.6. The van der Waals surface area contributed by atoms with Crippen LogP contribution < -0.4 is 14.8 Å². The van der Waals surface area contributed by atoms with Gasteiger partial charge in [-0.25, -0.2) is 0 Å². The van der Waals surface area contributed by atoms with E-state index in [0.717, 1.165) is 16.7 Å². The van der Waals surface area contributed by atoms with Gasteiger partial charge in [-0.1, -0.05) is 11.6 Å². The first-order chi connectivity index (χ1) is 12.0. The monoisotopic (exact) mass is 356 g/mol. The number of pyridine rings is 1. The van der Waals surface area contributed by atoms with E-state index in [0.29, 0.717) is 27.7 Å². The summed E-state index contributed by atoms with van der Waals surface area (Å²) in [6.07, 6.45) is 0.